The molecule has 0 unspecified atom stereocenters. The third-order valence-electron chi connectivity index (χ3n) is 7.20. The van der Waals surface area contributed by atoms with Gasteiger partial charge < -0.3 is 4.74 Å². The van der Waals surface area contributed by atoms with Gasteiger partial charge in [-0.1, -0.05) is 168 Å². The highest BCUT2D eigenvalue weighted by Gasteiger charge is 2.09. The standard InChI is InChI=1S/C32H62O3.H2O4S/c1-3-5-7-9-11-13-15-17-19-21-23-25-27-29-31(33)35-32(34)30-28-26-24-22-20-18-16-14-12-10-8-6-4-2;1-5(2,3)4/h3-30H2,1-2H3;(H2,1,2,3,4). The van der Waals surface area contributed by atoms with E-state index >= 15 is 0 Å². The second-order valence-electron chi connectivity index (χ2n) is 11.3. The van der Waals surface area contributed by atoms with Crippen LogP contribution in [0.1, 0.15) is 194 Å². The predicted octanol–water partition coefficient (Wildman–Crippen LogP) is 10.4. The number of hydrogen-bond acceptors (Lipinski definition) is 5. The molecule has 0 bridgehead atoms. The average molecular weight is 593 g/mol. The molecule has 0 spiro atoms. The molecule has 0 aliphatic heterocycles. The molecule has 240 valence electrons. The fourth-order valence-corrected chi connectivity index (χ4v) is 4.80. The Labute approximate surface area is 247 Å². The van der Waals surface area contributed by atoms with Crippen LogP contribution in [0, 0.1) is 0 Å². The van der Waals surface area contributed by atoms with Crippen LogP contribution in [0.4, 0.5) is 0 Å². The molecular formula is C32H64O7S. The molecule has 0 fully saturated rings. The molecule has 7 nitrogen and oxygen atoms in total. The van der Waals surface area contributed by atoms with E-state index in [0.29, 0.717) is 12.8 Å². The quantitative estimate of drug-likeness (QED) is 0.0401. The highest BCUT2D eigenvalue weighted by atomic mass is 32.3. The van der Waals surface area contributed by atoms with Gasteiger partial charge in [-0.2, -0.15) is 8.42 Å². The van der Waals surface area contributed by atoms with Gasteiger partial charge in [-0.05, 0) is 12.8 Å². The van der Waals surface area contributed by atoms with Crippen molar-refractivity contribution in [2.24, 2.45) is 0 Å². The molecule has 0 aromatic rings. The van der Waals surface area contributed by atoms with Crippen molar-refractivity contribution >= 4 is 22.3 Å². The molecule has 0 radical (unpaired) electrons. The van der Waals surface area contributed by atoms with Crippen LogP contribution in [0.2, 0.25) is 0 Å². The van der Waals surface area contributed by atoms with Gasteiger partial charge >= 0.3 is 22.3 Å². The molecule has 0 atom stereocenters. The Morgan fingerprint density at radius 3 is 0.800 bits per heavy atom. The normalized spacial score (nSPS) is 11.2. The minimum Gasteiger partial charge on any atom is -0.393 e. The van der Waals surface area contributed by atoms with E-state index in [4.69, 9.17) is 22.3 Å². The lowest BCUT2D eigenvalue weighted by Crippen LogP contribution is -2.11. The Morgan fingerprint density at radius 2 is 0.600 bits per heavy atom. The Balaban J connectivity index is 0. The van der Waals surface area contributed by atoms with Crippen molar-refractivity contribution in [1.29, 1.82) is 0 Å². The van der Waals surface area contributed by atoms with Crippen molar-refractivity contribution in [1.82, 2.24) is 0 Å². The maximum atomic E-state index is 11.8. The highest BCUT2D eigenvalue weighted by Crippen LogP contribution is 2.15. The van der Waals surface area contributed by atoms with E-state index in [-0.39, 0.29) is 11.9 Å². The maximum Gasteiger partial charge on any atom is 0.394 e. The fourth-order valence-electron chi connectivity index (χ4n) is 4.80. The lowest BCUT2D eigenvalue weighted by atomic mass is 10.0. The minimum atomic E-state index is -4.67. The SMILES string of the molecule is CCCCCCCCCCCCCCCC(=O)OC(=O)CCCCCCCCCCCCCCC.O=S(=O)(O)O. The molecule has 0 aliphatic carbocycles. The van der Waals surface area contributed by atoms with Gasteiger partial charge in [0.2, 0.25) is 0 Å². The summed E-state index contributed by atoms with van der Waals surface area (Å²) < 4.78 is 36.6. The van der Waals surface area contributed by atoms with Gasteiger partial charge in [-0.15, -0.1) is 0 Å². The number of ether oxygens (including phenoxy) is 1. The second kappa shape index (κ2) is 32.5. The van der Waals surface area contributed by atoms with Crippen LogP contribution in [-0.2, 0) is 24.7 Å². The summed E-state index contributed by atoms with van der Waals surface area (Å²) in [5.41, 5.74) is 0. The van der Waals surface area contributed by atoms with E-state index in [1.165, 1.54) is 141 Å². The van der Waals surface area contributed by atoms with Gasteiger partial charge in [0.1, 0.15) is 0 Å². The molecule has 2 N–H and O–H groups in total. The van der Waals surface area contributed by atoms with Gasteiger partial charge in [-0.3, -0.25) is 18.7 Å². The van der Waals surface area contributed by atoms with Gasteiger partial charge in [-0.25, -0.2) is 0 Å². The molecule has 0 aliphatic rings. The summed E-state index contributed by atoms with van der Waals surface area (Å²) in [6.07, 6.45) is 34.3. The summed E-state index contributed by atoms with van der Waals surface area (Å²) in [6, 6.07) is 0. The largest absolute Gasteiger partial charge is 0.394 e. The van der Waals surface area contributed by atoms with Crippen LogP contribution in [0.5, 0.6) is 0 Å². The first-order valence-corrected chi connectivity index (χ1v) is 18.0. The molecule has 0 aromatic carbocycles. The van der Waals surface area contributed by atoms with Gasteiger partial charge in [0.15, 0.2) is 0 Å². The molecule has 8 heteroatoms. The molecule has 40 heavy (non-hydrogen) atoms. The van der Waals surface area contributed by atoms with Crippen LogP contribution in [-0.4, -0.2) is 29.5 Å². The maximum absolute atomic E-state index is 11.8. The van der Waals surface area contributed by atoms with Crippen molar-refractivity contribution in [3.8, 4) is 0 Å². The van der Waals surface area contributed by atoms with E-state index in [1.807, 2.05) is 0 Å². The van der Waals surface area contributed by atoms with Crippen LogP contribution in [0.3, 0.4) is 0 Å². The van der Waals surface area contributed by atoms with E-state index in [2.05, 4.69) is 13.8 Å². The minimum absolute atomic E-state index is 0.326. The van der Waals surface area contributed by atoms with E-state index in [9.17, 15) is 9.59 Å². The first-order valence-electron chi connectivity index (χ1n) is 16.6. The molecule has 0 saturated carbocycles. The number of rotatable bonds is 28. The Kier molecular flexibility index (Phi) is 33.5. The molecular weight excluding hydrogens is 528 g/mol. The smallest absolute Gasteiger partial charge is 0.393 e. The number of hydrogen-bond donors (Lipinski definition) is 2. The number of unbranched alkanes of at least 4 members (excludes halogenated alkanes) is 24. The monoisotopic (exact) mass is 592 g/mol. The molecule has 0 amide bonds. The molecule has 0 saturated heterocycles. The second-order valence-corrected chi connectivity index (χ2v) is 12.2. The van der Waals surface area contributed by atoms with Gasteiger partial charge in [0, 0.05) is 12.8 Å². The summed E-state index contributed by atoms with van der Waals surface area (Å²) in [5.74, 6) is -0.652. The van der Waals surface area contributed by atoms with E-state index < -0.39 is 10.4 Å². The van der Waals surface area contributed by atoms with Crippen molar-refractivity contribution < 1.29 is 31.8 Å². The van der Waals surface area contributed by atoms with Crippen LogP contribution < -0.4 is 0 Å². The van der Waals surface area contributed by atoms with E-state index in [1.54, 1.807) is 0 Å². The molecule has 0 rings (SSSR count). The highest BCUT2D eigenvalue weighted by molar-refractivity contribution is 7.79. The van der Waals surface area contributed by atoms with E-state index in [0.717, 1.165) is 25.7 Å². The fraction of sp³-hybridized carbons (Fsp3) is 0.938. The Morgan fingerprint density at radius 1 is 0.425 bits per heavy atom. The van der Waals surface area contributed by atoms with Gasteiger partial charge in [0.05, 0.1) is 0 Å². The lowest BCUT2D eigenvalue weighted by molar-refractivity contribution is -0.159. The van der Waals surface area contributed by atoms with Crippen molar-refractivity contribution in [3.63, 3.8) is 0 Å². The topological polar surface area (TPSA) is 118 Å². The molecule has 0 heterocycles. The average Bonchev–Trinajstić information content (AvgIpc) is 2.88. The third-order valence-corrected chi connectivity index (χ3v) is 7.20. The first kappa shape index (κ1) is 41.1. The number of esters is 2. The lowest BCUT2D eigenvalue weighted by Gasteiger charge is -2.05. The Bertz CT molecular complexity index is 602. The summed E-state index contributed by atoms with van der Waals surface area (Å²) >= 11 is 0. The van der Waals surface area contributed by atoms with Gasteiger partial charge in [0.25, 0.3) is 0 Å². The summed E-state index contributed by atoms with van der Waals surface area (Å²) in [7, 11) is -4.67. The van der Waals surface area contributed by atoms with Crippen molar-refractivity contribution in [2.75, 3.05) is 0 Å². The molecule has 0 aromatic heterocycles. The number of carbonyl (C=O) groups is 2. The summed E-state index contributed by atoms with van der Waals surface area (Å²) in [6.45, 7) is 4.54. The van der Waals surface area contributed by atoms with Crippen LogP contribution in [0.15, 0.2) is 0 Å². The third kappa shape index (κ3) is 44.0. The zero-order valence-corrected chi connectivity index (χ0v) is 27.0. The van der Waals surface area contributed by atoms with Crippen LogP contribution in [0.25, 0.3) is 0 Å². The predicted molar refractivity (Wildman–Crippen MR) is 166 cm³/mol. The van der Waals surface area contributed by atoms with Crippen molar-refractivity contribution in [2.45, 2.75) is 194 Å². The summed E-state index contributed by atoms with van der Waals surface area (Å²) in [4.78, 5) is 23.7. The van der Waals surface area contributed by atoms with Crippen molar-refractivity contribution in [3.05, 3.63) is 0 Å². The summed E-state index contributed by atoms with van der Waals surface area (Å²) in [5, 5.41) is 0. The Hall–Kier alpha value is -0.990. The van der Waals surface area contributed by atoms with Crippen LogP contribution >= 0.6 is 0 Å². The number of carbonyl (C=O) groups excluding carboxylic acids is 2. The zero-order valence-electron chi connectivity index (χ0n) is 26.1. The zero-order chi connectivity index (χ0) is 30.2. The first-order chi connectivity index (χ1) is 19.2.